The van der Waals surface area contributed by atoms with E-state index in [-0.39, 0.29) is 0 Å². The number of aromatic nitrogens is 1. The maximum absolute atomic E-state index is 5.62. The third-order valence-electron chi connectivity index (χ3n) is 2.65. The quantitative estimate of drug-likeness (QED) is 0.715. The van der Waals surface area contributed by atoms with Gasteiger partial charge in [0.25, 0.3) is 0 Å². The van der Waals surface area contributed by atoms with Crippen molar-refractivity contribution in [3.05, 3.63) is 18.3 Å². The molecule has 1 saturated heterocycles. The van der Waals surface area contributed by atoms with Crippen LogP contribution in [-0.2, 0) is 0 Å². The third kappa shape index (κ3) is 2.39. The predicted octanol–water partition coefficient (Wildman–Crippen LogP) is 0.850. The first kappa shape index (κ1) is 10.2. The smallest absolute Gasteiger partial charge is 0.128 e. The highest BCUT2D eigenvalue weighted by Gasteiger charge is 2.21. The van der Waals surface area contributed by atoms with Gasteiger partial charge in [-0.15, -0.1) is 0 Å². The molecule has 15 heavy (non-hydrogen) atoms. The fraction of sp³-hybridized carbons (Fsp3) is 0.545. The Morgan fingerprint density at radius 2 is 2.00 bits per heavy atom. The van der Waals surface area contributed by atoms with Crippen LogP contribution in [0.5, 0.6) is 0 Å². The Morgan fingerprint density at radius 1 is 1.33 bits per heavy atom. The predicted molar refractivity (Wildman–Crippen MR) is 62.9 cm³/mol. The van der Waals surface area contributed by atoms with E-state index >= 15 is 0 Å². The van der Waals surface area contributed by atoms with Gasteiger partial charge < -0.3 is 16.0 Å². The molecule has 0 aliphatic carbocycles. The molecular formula is C11H18N4. The largest absolute Gasteiger partial charge is 0.397 e. The van der Waals surface area contributed by atoms with Crippen LogP contribution in [-0.4, -0.2) is 30.2 Å². The van der Waals surface area contributed by atoms with E-state index < -0.39 is 0 Å². The van der Waals surface area contributed by atoms with Crippen LogP contribution < -0.4 is 16.0 Å². The second-order valence-corrected chi connectivity index (χ2v) is 4.32. The zero-order valence-corrected chi connectivity index (χ0v) is 9.27. The first-order valence-electron chi connectivity index (χ1n) is 5.37. The van der Waals surface area contributed by atoms with Crippen LogP contribution in [0.4, 0.5) is 11.5 Å². The van der Waals surface area contributed by atoms with Crippen LogP contribution in [0.2, 0.25) is 0 Å². The lowest BCUT2D eigenvalue weighted by Gasteiger charge is -2.36. The number of piperazine rings is 1. The highest BCUT2D eigenvalue weighted by atomic mass is 15.2. The Bertz CT molecular complexity index is 312. The number of hydrogen-bond donors (Lipinski definition) is 2. The van der Waals surface area contributed by atoms with Crippen LogP contribution in [0.15, 0.2) is 18.3 Å². The van der Waals surface area contributed by atoms with E-state index in [1.807, 2.05) is 12.1 Å². The van der Waals surface area contributed by atoms with Gasteiger partial charge in [-0.2, -0.15) is 0 Å². The molecule has 0 saturated carbocycles. The number of pyridine rings is 1. The highest BCUT2D eigenvalue weighted by Crippen LogP contribution is 2.15. The Hall–Kier alpha value is -1.29. The minimum Gasteiger partial charge on any atom is -0.397 e. The van der Waals surface area contributed by atoms with Crippen molar-refractivity contribution < 1.29 is 0 Å². The van der Waals surface area contributed by atoms with E-state index in [1.165, 1.54) is 0 Å². The fourth-order valence-electron chi connectivity index (χ4n) is 2.10. The second-order valence-electron chi connectivity index (χ2n) is 4.32. The molecule has 0 bridgehead atoms. The number of nitrogen functional groups attached to an aromatic ring is 1. The number of hydrogen-bond acceptors (Lipinski definition) is 4. The first-order chi connectivity index (χ1) is 7.15. The normalized spacial score (nSPS) is 26.7. The molecule has 1 aromatic heterocycles. The molecule has 0 radical (unpaired) electrons. The van der Waals surface area contributed by atoms with Gasteiger partial charge in [0, 0.05) is 25.2 Å². The Morgan fingerprint density at radius 3 is 2.53 bits per heavy atom. The van der Waals surface area contributed by atoms with Gasteiger partial charge in [-0.1, -0.05) is 0 Å². The molecule has 0 spiro atoms. The van der Waals surface area contributed by atoms with Gasteiger partial charge in [0.15, 0.2) is 0 Å². The van der Waals surface area contributed by atoms with E-state index in [2.05, 4.69) is 29.0 Å². The maximum atomic E-state index is 5.62. The summed E-state index contributed by atoms with van der Waals surface area (Å²) in [5, 5.41) is 3.50. The Kier molecular flexibility index (Phi) is 2.77. The molecule has 4 heteroatoms. The summed E-state index contributed by atoms with van der Waals surface area (Å²) in [6.45, 7) is 6.39. The lowest BCUT2D eigenvalue weighted by molar-refractivity contribution is 0.405. The summed E-state index contributed by atoms with van der Waals surface area (Å²) in [7, 11) is 0. The van der Waals surface area contributed by atoms with Crippen LogP contribution in [0.25, 0.3) is 0 Å². The summed E-state index contributed by atoms with van der Waals surface area (Å²) in [6.07, 6.45) is 1.71. The zero-order chi connectivity index (χ0) is 10.8. The van der Waals surface area contributed by atoms with Crippen LogP contribution >= 0.6 is 0 Å². The minimum atomic E-state index is 0.508. The molecule has 1 fully saturated rings. The molecule has 2 rings (SSSR count). The summed E-state index contributed by atoms with van der Waals surface area (Å²) in [5.41, 5.74) is 6.34. The minimum absolute atomic E-state index is 0.508. The van der Waals surface area contributed by atoms with Gasteiger partial charge in [-0.3, -0.25) is 0 Å². The molecular weight excluding hydrogens is 188 g/mol. The molecule has 82 valence electrons. The molecule has 2 atom stereocenters. The van der Waals surface area contributed by atoms with E-state index in [0.717, 1.165) is 24.6 Å². The maximum Gasteiger partial charge on any atom is 0.128 e. The van der Waals surface area contributed by atoms with Gasteiger partial charge in [0.05, 0.1) is 11.9 Å². The molecule has 1 aliphatic rings. The average Bonchev–Trinajstić information content (AvgIpc) is 2.17. The van der Waals surface area contributed by atoms with E-state index in [1.54, 1.807) is 6.20 Å². The molecule has 1 aromatic rings. The number of nitrogens with one attached hydrogen (secondary N) is 1. The summed E-state index contributed by atoms with van der Waals surface area (Å²) < 4.78 is 0. The van der Waals surface area contributed by atoms with Crippen LogP contribution in [0.3, 0.4) is 0 Å². The first-order valence-corrected chi connectivity index (χ1v) is 5.37. The van der Waals surface area contributed by atoms with Crippen molar-refractivity contribution >= 4 is 11.5 Å². The highest BCUT2D eigenvalue weighted by molar-refractivity contribution is 5.46. The van der Waals surface area contributed by atoms with Gasteiger partial charge in [-0.25, -0.2) is 4.98 Å². The molecule has 3 N–H and O–H groups in total. The lowest BCUT2D eigenvalue weighted by Crippen LogP contribution is -2.54. The van der Waals surface area contributed by atoms with Crippen LogP contribution in [0.1, 0.15) is 13.8 Å². The van der Waals surface area contributed by atoms with Crippen LogP contribution in [0, 0.1) is 0 Å². The summed E-state index contributed by atoms with van der Waals surface area (Å²) in [4.78, 5) is 6.64. The number of anilines is 2. The van der Waals surface area contributed by atoms with Crippen molar-refractivity contribution in [2.45, 2.75) is 25.9 Å². The topological polar surface area (TPSA) is 54.2 Å². The summed E-state index contributed by atoms with van der Waals surface area (Å²) >= 11 is 0. The Balaban J connectivity index is 2.12. The second kappa shape index (κ2) is 4.06. The summed E-state index contributed by atoms with van der Waals surface area (Å²) in [6, 6.07) is 4.90. The standard InChI is InChI=1S/C11H18N4/c1-8-6-15(7-9(2)14-8)11-4-3-10(12)5-13-11/h3-5,8-9,14H,6-7,12H2,1-2H3/t8-,9?/m1/s1. The van der Waals surface area contributed by atoms with Gasteiger partial charge in [0.2, 0.25) is 0 Å². The van der Waals surface area contributed by atoms with Gasteiger partial charge in [-0.05, 0) is 26.0 Å². The van der Waals surface area contributed by atoms with Crippen molar-refractivity contribution in [3.8, 4) is 0 Å². The Labute approximate surface area is 90.5 Å². The van der Waals surface area contributed by atoms with Crippen molar-refractivity contribution in [1.29, 1.82) is 0 Å². The third-order valence-corrected chi connectivity index (χ3v) is 2.65. The summed E-state index contributed by atoms with van der Waals surface area (Å²) in [5.74, 6) is 1.02. The van der Waals surface area contributed by atoms with Crippen molar-refractivity contribution in [2.24, 2.45) is 0 Å². The monoisotopic (exact) mass is 206 g/mol. The number of rotatable bonds is 1. The van der Waals surface area contributed by atoms with E-state index in [4.69, 9.17) is 5.73 Å². The molecule has 0 aromatic carbocycles. The fourth-order valence-corrected chi connectivity index (χ4v) is 2.10. The SMILES string of the molecule is CC1CN(c2ccc(N)cn2)C[C@@H](C)N1. The lowest BCUT2D eigenvalue weighted by atomic mass is 10.1. The number of nitrogens with zero attached hydrogens (tertiary/aromatic N) is 2. The molecule has 2 heterocycles. The van der Waals surface area contributed by atoms with E-state index in [0.29, 0.717) is 12.1 Å². The van der Waals surface area contributed by atoms with Gasteiger partial charge in [0.1, 0.15) is 5.82 Å². The van der Waals surface area contributed by atoms with Crippen molar-refractivity contribution in [2.75, 3.05) is 23.7 Å². The zero-order valence-electron chi connectivity index (χ0n) is 9.27. The van der Waals surface area contributed by atoms with Crippen molar-refractivity contribution in [1.82, 2.24) is 10.3 Å². The van der Waals surface area contributed by atoms with Gasteiger partial charge >= 0.3 is 0 Å². The number of nitrogens with two attached hydrogens (primary N) is 1. The molecule has 4 nitrogen and oxygen atoms in total. The average molecular weight is 206 g/mol. The molecule has 1 aliphatic heterocycles. The molecule has 0 amide bonds. The van der Waals surface area contributed by atoms with E-state index in [9.17, 15) is 0 Å². The van der Waals surface area contributed by atoms with Crippen molar-refractivity contribution in [3.63, 3.8) is 0 Å². The molecule has 1 unspecified atom stereocenters.